The van der Waals surface area contributed by atoms with Gasteiger partial charge in [0.1, 0.15) is 17.5 Å². The van der Waals surface area contributed by atoms with Gasteiger partial charge in [0.05, 0.1) is 11.6 Å². The molecule has 5 nitrogen and oxygen atoms in total. The Hall–Kier alpha value is -3.10. The molecule has 0 bridgehead atoms. The lowest BCUT2D eigenvalue weighted by Crippen LogP contribution is -2.08. The van der Waals surface area contributed by atoms with E-state index >= 15 is 0 Å². The van der Waals surface area contributed by atoms with Gasteiger partial charge in [-0.15, -0.1) is 0 Å². The summed E-state index contributed by atoms with van der Waals surface area (Å²) in [5.74, 6) is 2.10. The third kappa shape index (κ3) is 4.95. The van der Waals surface area contributed by atoms with E-state index in [9.17, 15) is 0 Å². The molecule has 0 aliphatic heterocycles. The van der Waals surface area contributed by atoms with Gasteiger partial charge in [-0.2, -0.15) is 5.26 Å². The minimum atomic E-state index is 0.599. The zero-order valence-electron chi connectivity index (χ0n) is 14.3. The molecule has 0 aliphatic rings. The van der Waals surface area contributed by atoms with Crippen LogP contribution in [0.2, 0.25) is 5.02 Å². The zero-order valence-corrected chi connectivity index (χ0v) is 15.1. The standard InChI is InChI=1S/C20H18ClN5/c1-14-24-19(23-10-9-15-5-7-17(21)8-6-15)12-20(25-14)26-18-4-2-3-16(11-18)13-22/h2-8,11-12H,9-10H2,1H3,(H2,23,24,25,26). The normalized spacial score (nSPS) is 10.2. The number of aromatic nitrogens is 2. The first kappa shape index (κ1) is 17.7. The fourth-order valence-electron chi connectivity index (χ4n) is 2.52. The Morgan fingerprint density at radius 1 is 1.04 bits per heavy atom. The van der Waals surface area contributed by atoms with Crippen LogP contribution in [0, 0.1) is 18.3 Å². The maximum absolute atomic E-state index is 9.00. The fraction of sp³-hybridized carbons (Fsp3) is 0.150. The summed E-state index contributed by atoms with van der Waals surface area (Å²) < 4.78 is 0. The molecule has 0 fully saturated rings. The van der Waals surface area contributed by atoms with Gasteiger partial charge < -0.3 is 10.6 Å². The van der Waals surface area contributed by atoms with Crippen LogP contribution in [0.15, 0.2) is 54.6 Å². The smallest absolute Gasteiger partial charge is 0.136 e. The van der Waals surface area contributed by atoms with Crippen molar-refractivity contribution in [3.8, 4) is 6.07 Å². The highest BCUT2D eigenvalue weighted by Gasteiger charge is 2.03. The second-order valence-electron chi connectivity index (χ2n) is 5.81. The summed E-state index contributed by atoms with van der Waals surface area (Å²) in [6, 6.07) is 19.1. The molecule has 0 unspecified atom stereocenters. The van der Waals surface area contributed by atoms with E-state index < -0.39 is 0 Å². The molecule has 130 valence electrons. The Labute approximate surface area is 157 Å². The lowest BCUT2D eigenvalue weighted by atomic mass is 10.1. The van der Waals surface area contributed by atoms with Crippen LogP contribution in [0.4, 0.5) is 17.3 Å². The monoisotopic (exact) mass is 363 g/mol. The molecule has 0 aliphatic carbocycles. The van der Waals surface area contributed by atoms with Crippen LogP contribution in [0.5, 0.6) is 0 Å². The maximum atomic E-state index is 9.00. The van der Waals surface area contributed by atoms with E-state index in [1.54, 1.807) is 12.1 Å². The van der Waals surface area contributed by atoms with E-state index in [0.717, 1.165) is 29.5 Å². The highest BCUT2D eigenvalue weighted by Crippen LogP contribution is 2.18. The van der Waals surface area contributed by atoms with Crippen molar-refractivity contribution in [2.24, 2.45) is 0 Å². The van der Waals surface area contributed by atoms with Crippen molar-refractivity contribution < 1.29 is 0 Å². The Morgan fingerprint density at radius 3 is 2.58 bits per heavy atom. The Bertz CT molecular complexity index is 932. The molecule has 2 aromatic carbocycles. The number of nitrogens with one attached hydrogen (secondary N) is 2. The van der Waals surface area contributed by atoms with Gasteiger partial charge in [-0.3, -0.25) is 0 Å². The van der Waals surface area contributed by atoms with E-state index in [0.29, 0.717) is 17.2 Å². The lowest BCUT2D eigenvalue weighted by Gasteiger charge is -2.10. The molecule has 0 amide bonds. The lowest BCUT2D eigenvalue weighted by molar-refractivity contribution is 0.983. The van der Waals surface area contributed by atoms with Crippen LogP contribution < -0.4 is 10.6 Å². The molecule has 26 heavy (non-hydrogen) atoms. The Morgan fingerprint density at radius 2 is 1.81 bits per heavy atom. The minimum absolute atomic E-state index is 0.599. The van der Waals surface area contributed by atoms with Crippen molar-refractivity contribution in [1.29, 1.82) is 5.26 Å². The minimum Gasteiger partial charge on any atom is -0.370 e. The molecule has 0 saturated heterocycles. The zero-order chi connectivity index (χ0) is 18.4. The number of halogens is 1. The van der Waals surface area contributed by atoms with Crippen molar-refractivity contribution in [2.45, 2.75) is 13.3 Å². The summed E-state index contributed by atoms with van der Waals surface area (Å²) in [7, 11) is 0. The number of anilines is 3. The molecule has 3 rings (SSSR count). The predicted octanol–water partition coefficient (Wildman–Crippen LogP) is 4.71. The average molecular weight is 364 g/mol. The highest BCUT2D eigenvalue weighted by molar-refractivity contribution is 6.30. The molecule has 1 aromatic heterocycles. The summed E-state index contributed by atoms with van der Waals surface area (Å²) >= 11 is 5.90. The summed E-state index contributed by atoms with van der Waals surface area (Å²) in [6.45, 7) is 2.60. The van der Waals surface area contributed by atoms with Crippen LogP contribution in [0.1, 0.15) is 17.0 Å². The molecule has 1 heterocycles. The number of benzene rings is 2. The van der Waals surface area contributed by atoms with E-state index in [1.807, 2.05) is 49.4 Å². The van der Waals surface area contributed by atoms with Gasteiger partial charge in [0.2, 0.25) is 0 Å². The first-order valence-electron chi connectivity index (χ1n) is 8.23. The van der Waals surface area contributed by atoms with E-state index in [2.05, 4.69) is 26.7 Å². The molecular formula is C20H18ClN5. The summed E-state index contributed by atoms with van der Waals surface area (Å²) in [4.78, 5) is 8.82. The van der Waals surface area contributed by atoms with Gasteiger partial charge >= 0.3 is 0 Å². The predicted molar refractivity (Wildman–Crippen MR) is 105 cm³/mol. The molecule has 0 radical (unpaired) electrons. The third-order valence-corrected chi connectivity index (χ3v) is 3.99. The van der Waals surface area contributed by atoms with Crippen molar-refractivity contribution in [3.05, 3.63) is 76.6 Å². The number of hydrogen-bond donors (Lipinski definition) is 2. The first-order valence-corrected chi connectivity index (χ1v) is 8.61. The quantitative estimate of drug-likeness (QED) is 0.663. The summed E-state index contributed by atoms with van der Waals surface area (Å²) in [5, 5.41) is 16.3. The van der Waals surface area contributed by atoms with Gasteiger partial charge in [0.15, 0.2) is 0 Å². The molecule has 0 atom stereocenters. The number of nitrogens with zero attached hydrogens (tertiary/aromatic N) is 3. The summed E-state index contributed by atoms with van der Waals surface area (Å²) in [5.41, 5.74) is 2.62. The van der Waals surface area contributed by atoms with Gasteiger partial charge in [-0.05, 0) is 49.2 Å². The van der Waals surface area contributed by atoms with Crippen molar-refractivity contribution in [1.82, 2.24) is 9.97 Å². The van der Waals surface area contributed by atoms with Crippen LogP contribution in [0.3, 0.4) is 0 Å². The molecular weight excluding hydrogens is 346 g/mol. The maximum Gasteiger partial charge on any atom is 0.136 e. The molecule has 0 spiro atoms. The van der Waals surface area contributed by atoms with Crippen molar-refractivity contribution in [3.63, 3.8) is 0 Å². The second kappa shape index (κ2) is 8.32. The van der Waals surface area contributed by atoms with Crippen molar-refractivity contribution >= 4 is 28.9 Å². The molecule has 0 saturated carbocycles. The molecule has 6 heteroatoms. The number of nitriles is 1. The molecule has 3 aromatic rings. The van der Waals surface area contributed by atoms with Crippen LogP contribution in [-0.4, -0.2) is 16.5 Å². The van der Waals surface area contributed by atoms with E-state index in [1.165, 1.54) is 5.56 Å². The molecule has 2 N–H and O–H groups in total. The number of hydrogen-bond acceptors (Lipinski definition) is 5. The topological polar surface area (TPSA) is 73.6 Å². The van der Waals surface area contributed by atoms with E-state index in [4.69, 9.17) is 16.9 Å². The second-order valence-corrected chi connectivity index (χ2v) is 6.24. The average Bonchev–Trinajstić information content (AvgIpc) is 2.63. The third-order valence-electron chi connectivity index (χ3n) is 3.74. The van der Waals surface area contributed by atoms with E-state index in [-0.39, 0.29) is 0 Å². The van der Waals surface area contributed by atoms with Gasteiger partial charge in [-0.25, -0.2) is 9.97 Å². The summed E-state index contributed by atoms with van der Waals surface area (Å²) in [6.07, 6.45) is 0.868. The van der Waals surface area contributed by atoms with Crippen LogP contribution >= 0.6 is 11.6 Å². The van der Waals surface area contributed by atoms with Gasteiger partial charge in [-0.1, -0.05) is 29.8 Å². The van der Waals surface area contributed by atoms with Gasteiger partial charge in [0.25, 0.3) is 0 Å². The van der Waals surface area contributed by atoms with Crippen LogP contribution in [-0.2, 0) is 6.42 Å². The largest absolute Gasteiger partial charge is 0.370 e. The fourth-order valence-corrected chi connectivity index (χ4v) is 2.65. The van der Waals surface area contributed by atoms with Crippen molar-refractivity contribution in [2.75, 3.05) is 17.2 Å². The van der Waals surface area contributed by atoms with Crippen LogP contribution in [0.25, 0.3) is 0 Å². The highest BCUT2D eigenvalue weighted by atomic mass is 35.5. The first-order chi connectivity index (χ1) is 12.6. The SMILES string of the molecule is Cc1nc(NCCc2ccc(Cl)cc2)cc(Nc2cccc(C#N)c2)n1. The Kier molecular flexibility index (Phi) is 5.67. The van der Waals surface area contributed by atoms with Gasteiger partial charge in [0, 0.05) is 23.3 Å². The Balaban J connectivity index is 1.65. The number of aryl methyl sites for hydroxylation is 1. The number of rotatable bonds is 6.